The first-order chi connectivity index (χ1) is 14.0. The van der Waals surface area contributed by atoms with Gasteiger partial charge in [-0.05, 0) is 36.0 Å². The Morgan fingerprint density at radius 1 is 1.21 bits per heavy atom. The minimum absolute atomic E-state index is 0.00453. The molecule has 1 aromatic heterocycles. The summed E-state index contributed by atoms with van der Waals surface area (Å²) in [7, 11) is 2.73. The van der Waals surface area contributed by atoms with Gasteiger partial charge in [0.05, 0.1) is 25.7 Å². The predicted molar refractivity (Wildman–Crippen MR) is 101 cm³/mol. The van der Waals surface area contributed by atoms with E-state index in [1.807, 2.05) is 0 Å². The van der Waals surface area contributed by atoms with Crippen molar-refractivity contribution in [3.8, 4) is 17.2 Å². The molecule has 1 aromatic carbocycles. The highest BCUT2D eigenvalue weighted by atomic mass is 32.2. The van der Waals surface area contributed by atoms with Crippen molar-refractivity contribution in [2.45, 2.75) is 6.54 Å². The Labute approximate surface area is 169 Å². The van der Waals surface area contributed by atoms with Gasteiger partial charge in [-0.15, -0.1) is 0 Å². The number of ether oxygens (including phenoxy) is 4. The van der Waals surface area contributed by atoms with E-state index in [-0.39, 0.29) is 29.8 Å². The molecule has 3 heterocycles. The first-order valence-corrected chi connectivity index (χ1v) is 9.22. The van der Waals surface area contributed by atoms with E-state index in [0.717, 1.165) is 16.7 Å². The quantitative estimate of drug-likeness (QED) is 0.536. The topological polar surface area (TPSA) is 105 Å². The predicted octanol–water partition coefficient (Wildman–Crippen LogP) is 3.04. The Kier molecular flexibility index (Phi) is 4.93. The van der Waals surface area contributed by atoms with Crippen LogP contribution in [0.25, 0.3) is 6.08 Å². The Morgan fingerprint density at radius 2 is 1.97 bits per heavy atom. The van der Waals surface area contributed by atoms with Gasteiger partial charge in [0, 0.05) is 11.6 Å². The van der Waals surface area contributed by atoms with Crippen molar-refractivity contribution in [1.29, 1.82) is 0 Å². The van der Waals surface area contributed by atoms with Gasteiger partial charge in [0.1, 0.15) is 11.5 Å². The first-order valence-electron chi connectivity index (χ1n) is 8.40. The maximum Gasteiger partial charge on any atom is 0.373 e. The average molecular weight is 417 g/mol. The fourth-order valence-corrected chi connectivity index (χ4v) is 3.66. The second-order valence-corrected chi connectivity index (χ2v) is 6.97. The van der Waals surface area contributed by atoms with Gasteiger partial charge in [0.15, 0.2) is 11.5 Å². The van der Waals surface area contributed by atoms with Crippen molar-refractivity contribution in [3.63, 3.8) is 0 Å². The third kappa shape index (κ3) is 3.54. The van der Waals surface area contributed by atoms with Gasteiger partial charge in [0.25, 0.3) is 11.1 Å². The summed E-state index contributed by atoms with van der Waals surface area (Å²) in [5.41, 5.74) is 0.577. The van der Waals surface area contributed by atoms with Crippen LogP contribution in [0.5, 0.6) is 17.2 Å². The fraction of sp³-hybridized carbons (Fsp3) is 0.211. The molecule has 0 radical (unpaired) electrons. The molecule has 0 bridgehead atoms. The smallest absolute Gasteiger partial charge is 0.373 e. The average Bonchev–Trinajstić information content (AvgIpc) is 3.43. The standard InChI is InChI=1S/C19H15NO8S/c1-24-13-7-15-14(26-9-27-15)5-10(13)6-16-17(21)20(19(23)29-16)8-11-3-4-12(28-11)18(22)25-2/h3-7H,8-9H2,1-2H3. The second-order valence-electron chi connectivity index (χ2n) is 5.97. The van der Waals surface area contributed by atoms with Gasteiger partial charge >= 0.3 is 5.97 Å². The summed E-state index contributed by atoms with van der Waals surface area (Å²) in [6, 6.07) is 6.29. The number of fused-ring (bicyclic) bond motifs is 1. The molecule has 0 spiro atoms. The molecular weight excluding hydrogens is 402 g/mol. The van der Waals surface area contributed by atoms with E-state index in [2.05, 4.69) is 4.74 Å². The Balaban J connectivity index is 1.57. The van der Waals surface area contributed by atoms with E-state index in [4.69, 9.17) is 18.6 Å². The van der Waals surface area contributed by atoms with Crippen LogP contribution in [0, 0.1) is 0 Å². The fourth-order valence-electron chi connectivity index (χ4n) is 2.84. The lowest BCUT2D eigenvalue weighted by Gasteiger charge is -2.10. The zero-order valence-electron chi connectivity index (χ0n) is 15.4. The zero-order valence-corrected chi connectivity index (χ0v) is 16.2. The molecule has 0 unspecified atom stereocenters. The van der Waals surface area contributed by atoms with Crippen LogP contribution < -0.4 is 14.2 Å². The molecule has 0 saturated carbocycles. The van der Waals surface area contributed by atoms with Crippen molar-refractivity contribution < 1.29 is 37.7 Å². The summed E-state index contributed by atoms with van der Waals surface area (Å²) in [6.07, 6.45) is 1.56. The summed E-state index contributed by atoms with van der Waals surface area (Å²) < 4.78 is 25.9. The molecule has 2 amide bonds. The number of benzene rings is 1. The molecule has 0 atom stereocenters. The van der Waals surface area contributed by atoms with Crippen LogP contribution in [0.2, 0.25) is 0 Å². The minimum Gasteiger partial charge on any atom is -0.496 e. The van der Waals surface area contributed by atoms with Gasteiger partial charge < -0.3 is 23.4 Å². The number of amides is 2. The zero-order chi connectivity index (χ0) is 20.5. The molecular formula is C19H15NO8S. The van der Waals surface area contributed by atoms with Crippen LogP contribution in [0.4, 0.5) is 4.79 Å². The number of hydrogen-bond acceptors (Lipinski definition) is 9. The molecule has 4 rings (SSSR count). The number of furan rings is 1. The van der Waals surface area contributed by atoms with E-state index in [1.165, 1.54) is 26.4 Å². The normalized spacial score (nSPS) is 16.6. The van der Waals surface area contributed by atoms with Crippen LogP contribution in [-0.2, 0) is 16.1 Å². The van der Waals surface area contributed by atoms with E-state index in [9.17, 15) is 14.4 Å². The summed E-state index contributed by atoms with van der Waals surface area (Å²) in [5, 5.41) is -0.447. The first kappa shape index (κ1) is 18.9. The highest BCUT2D eigenvalue weighted by Gasteiger charge is 2.36. The van der Waals surface area contributed by atoms with Crippen LogP contribution >= 0.6 is 11.8 Å². The SMILES string of the molecule is COC(=O)c1ccc(CN2C(=O)SC(=Cc3cc4c(cc3OC)OCO4)C2=O)o1. The van der Waals surface area contributed by atoms with Crippen molar-refractivity contribution >= 4 is 35.0 Å². The Bertz CT molecular complexity index is 1040. The number of methoxy groups -OCH3 is 2. The summed E-state index contributed by atoms with van der Waals surface area (Å²) in [4.78, 5) is 37.8. The molecule has 0 N–H and O–H groups in total. The number of carbonyl (C=O) groups excluding carboxylic acids is 3. The largest absolute Gasteiger partial charge is 0.496 e. The number of nitrogens with zero attached hydrogens (tertiary/aromatic N) is 1. The van der Waals surface area contributed by atoms with Gasteiger partial charge in [-0.1, -0.05) is 0 Å². The maximum absolute atomic E-state index is 12.7. The molecule has 2 aromatic rings. The molecule has 10 heteroatoms. The monoisotopic (exact) mass is 417 g/mol. The van der Waals surface area contributed by atoms with Crippen molar-refractivity contribution in [1.82, 2.24) is 4.90 Å². The van der Waals surface area contributed by atoms with Crippen molar-refractivity contribution in [2.24, 2.45) is 0 Å². The number of rotatable bonds is 5. The van der Waals surface area contributed by atoms with Crippen LogP contribution in [0.1, 0.15) is 21.9 Å². The van der Waals surface area contributed by atoms with E-state index < -0.39 is 17.1 Å². The molecule has 1 fully saturated rings. The Morgan fingerprint density at radius 3 is 2.69 bits per heavy atom. The van der Waals surface area contributed by atoms with Crippen LogP contribution in [0.15, 0.2) is 33.6 Å². The minimum atomic E-state index is -0.639. The lowest BCUT2D eigenvalue weighted by molar-refractivity contribution is -0.123. The number of carbonyl (C=O) groups is 3. The van der Waals surface area contributed by atoms with E-state index in [1.54, 1.807) is 18.2 Å². The third-order valence-electron chi connectivity index (χ3n) is 4.25. The molecule has 1 saturated heterocycles. The molecule has 2 aliphatic rings. The maximum atomic E-state index is 12.7. The van der Waals surface area contributed by atoms with Crippen molar-refractivity contribution in [2.75, 3.05) is 21.0 Å². The Hall–Kier alpha value is -3.40. The van der Waals surface area contributed by atoms with Crippen LogP contribution in [0.3, 0.4) is 0 Å². The second kappa shape index (κ2) is 7.55. The highest BCUT2D eigenvalue weighted by molar-refractivity contribution is 8.18. The van der Waals surface area contributed by atoms with Gasteiger partial charge in [-0.2, -0.15) is 0 Å². The van der Waals surface area contributed by atoms with Crippen LogP contribution in [-0.4, -0.2) is 43.0 Å². The molecule has 0 aliphatic carbocycles. The van der Waals surface area contributed by atoms with Gasteiger partial charge in [0.2, 0.25) is 12.6 Å². The van der Waals surface area contributed by atoms with Gasteiger partial charge in [-0.3, -0.25) is 14.5 Å². The summed E-state index contributed by atoms with van der Waals surface area (Å²) in [6.45, 7) is 0.00639. The highest BCUT2D eigenvalue weighted by Crippen LogP contribution is 2.41. The third-order valence-corrected chi connectivity index (χ3v) is 5.15. The van der Waals surface area contributed by atoms with Crippen molar-refractivity contribution in [3.05, 3.63) is 46.3 Å². The van der Waals surface area contributed by atoms with E-state index >= 15 is 0 Å². The summed E-state index contributed by atoms with van der Waals surface area (Å²) in [5.74, 6) is 0.726. The molecule has 150 valence electrons. The number of imide groups is 1. The lowest BCUT2D eigenvalue weighted by Crippen LogP contribution is -2.27. The summed E-state index contributed by atoms with van der Waals surface area (Å²) >= 11 is 0.804. The number of hydrogen-bond donors (Lipinski definition) is 0. The molecule has 9 nitrogen and oxygen atoms in total. The van der Waals surface area contributed by atoms with Gasteiger partial charge in [-0.25, -0.2) is 4.79 Å². The number of thioether (sulfide) groups is 1. The lowest BCUT2D eigenvalue weighted by atomic mass is 10.1. The molecule has 2 aliphatic heterocycles. The molecule has 29 heavy (non-hydrogen) atoms. The number of esters is 1. The van der Waals surface area contributed by atoms with E-state index in [0.29, 0.717) is 22.8 Å².